The van der Waals surface area contributed by atoms with Gasteiger partial charge in [0.05, 0.1) is 25.3 Å². The molecule has 0 saturated carbocycles. The van der Waals surface area contributed by atoms with Crippen molar-refractivity contribution in [2.45, 2.75) is 24.9 Å². The van der Waals surface area contributed by atoms with Crippen molar-refractivity contribution in [1.82, 2.24) is 9.88 Å². The van der Waals surface area contributed by atoms with Crippen LogP contribution in [-0.2, 0) is 6.18 Å². The molecule has 7 nitrogen and oxygen atoms in total. The first-order valence-corrected chi connectivity index (χ1v) is 14.6. The fourth-order valence-electron chi connectivity index (χ4n) is 5.85. The molecule has 232 valence electrons. The van der Waals surface area contributed by atoms with Gasteiger partial charge in [-0.15, -0.1) is 0 Å². The first kappa shape index (κ1) is 30.2. The van der Waals surface area contributed by atoms with E-state index in [2.05, 4.69) is 15.2 Å². The Hall–Kier alpha value is -4.83. The fourth-order valence-corrected chi connectivity index (χ4v) is 5.85. The highest BCUT2D eigenvalue weighted by molar-refractivity contribution is 6.13. The molecule has 1 saturated heterocycles. The molecule has 0 atom stereocenters. The van der Waals surface area contributed by atoms with Crippen LogP contribution in [-0.4, -0.2) is 50.1 Å². The number of carbonyl (C=O) groups excluding carboxylic acids is 1. The molecule has 4 aromatic carbocycles. The topological polar surface area (TPSA) is 72.9 Å². The van der Waals surface area contributed by atoms with Crippen LogP contribution in [0.2, 0.25) is 0 Å². The predicted molar refractivity (Wildman–Crippen MR) is 168 cm³/mol. The molecule has 1 aromatic heterocycles. The molecule has 1 amide bonds. The SMILES string of the molecule is COc1cc2nccc(Oc3ccc4c(C(=O)Nc5cc(C6CCN(C)CC6)cc(C(F)(F)F)c5)cccc4c3)c2cc1OC. The van der Waals surface area contributed by atoms with Gasteiger partial charge in [0.2, 0.25) is 0 Å². The number of benzene rings is 4. The van der Waals surface area contributed by atoms with Crippen LogP contribution >= 0.6 is 0 Å². The second kappa shape index (κ2) is 12.3. The third-order valence-electron chi connectivity index (χ3n) is 8.26. The van der Waals surface area contributed by atoms with Crippen LogP contribution in [0.4, 0.5) is 18.9 Å². The molecule has 1 aliphatic rings. The number of hydrogen-bond donors (Lipinski definition) is 1. The Kier molecular flexibility index (Phi) is 8.24. The minimum Gasteiger partial charge on any atom is -0.493 e. The lowest BCUT2D eigenvalue weighted by Gasteiger charge is -2.29. The van der Waals surface area contributed by atoms with Crippen LogP contribution in [0.5, 0.6) is 23.0 Å². The van der Waals surface area contributed by atoms with E-state index >= 15 is 0 Å². The number of aromatic nitrogens is 1. The van der Waals surface area contributed by atoms with E-state index in [0.29, 0.717) is 45.0 Å². The van der Waals surface area contributed by atoms with Crippen molar-refractivity contribution < 1.29 is 32.2 Å². The summed E-state index contributed by atoms with van der Waals surface area (Å²) in [4.78, 5) is 20.1. The highest BCUT2D eigenvalue weighted by Crippen LogP contribution is 2.39. The van der Waals surface area contributed by atoms with E-state index in [1.807, 2.05) is 19.2 Å². The van der Waals surface area contributed by atoms with Gasteiger partial charge in [0.1, 0.15) is 11.5 Å². The molecule has 1 N–H and O–H groups in total. The van der Waals surface area contributed by atoms with Crippen molar-refractivity contribution in [3.8, 4) is 23.0 Å². The zero-order chi connectivity index (χ0) is 31.7. The van der Waals surface area contributed by atoms with Gasteiger partial charge >= 0.3 is 6.18 Å². The van der Waals surface area contributed by atoms with E-state index in [1.54, 1.807) is 68.9 Å². The number of nitrogens with one attached hydrogen (secondary N) is 1. The Morgan fingerprint density at radius 1 is 0.889 bits per heavy atom. The normalized spacial score (nSPS) is 14.4. The van der Waals surface area contributed by atoms with Crippen LogP contribution in [0.15, 0.2) is 79.0 Å². The van der Waals surface area contributed by atoms with E-state index in [0.717, 1.165) is 42.8 Å². The van der Waals surface area contributed by atoms with Crippen molar-refractivity contribution in [3.63, 3.8) is 0 Å². The molecule has 0 spiro atoms. The number of rotatable bonds is 7. The van der Waals surface area contributed by atoms with Gasteiger partial charge < -0.3 is 24.4 Å². The average Bonchev–Trinajstić information content (AvgIpc) is 3.03. The number of anilines is 1. The minimum absolute atomic E-state index is 0.00393. The van der Waals surface area contributed by atoms with E-state index < -0.39 is 17.6 Å². The van der Waals surface area contributed by atoms with Crippen LogP contribution < -0.4 is 19.5 Å². The van der Waals surface area contributed by atoms with Gasteiger partial charge in [-0.2, -0.15) is 13.2 Å². The predicted octanol–water partition coefficient (Wildman–Crippen LogP) is 8.28. The number of ether oxygens (including phenoxy) is 3. The average molecular weight is 616 g/mol. The number of carbonyl (C=O) groups is 1. The number of likely N-dealkylation sites (tertiary alicyclic amines) is 1. The Morgan fingerprint density at radius 3 is 2.38 bits per heavy atom. The Bertz CT molecular complexity index is 1880. The van der Waals surface area contributed by atoms with Crippen LogP contribution in [0.3, 0.4) is 0 Å². The molecule has 0 aliphatic carbocycles. The number of alkyl halides is 3. The maximum atomic E-state index is 13.9. The summed E-state index contributed by atoms with van der Waals surface area (Å²) >= 11 is 0. The van der Waals surface area contributed by atoms with Gasteiger partial charge in [0, 0.05) is 28.9 Å². The van der Waals surface area contributed by atoms with Crippen LogP contribution in [0.25, 0.3) is 21.7 Å². The summed E-state index contributed by atoms with van der Waals surface area (Å²) in [5.74, 6) is 1.67. The van der Waals surface area contributed by atoms with Crippen LogP contribution in [0.1, 0.15) is 40.2 Å². The van der Waals surface area contributed by atoms with Crippen molar-refractivity contribution >= 4 is 33.3 Å². The van der Waals surface area contributed by atoms with Crippen molar-refractivity contribution in [2.75, 3.05) is 39.7 Å². The maximum Gasteiger partial charge on any atom is 0.416 e. The van der Waals surface area contributed by atoms with Gasteiger partial charge in [-0.05, 0) is 110 Å². The van der Waals surface area contributed by atoms with E-state index in [1.165, 1.54) is 6.07 Å². The summed E-state index contributed by atoms with van der Waals surface area (Å²) in [6, 6.07) is 19.7. The summed E-state index contributed by atoms with van der Waals surface area (Å²) in [6.45, 7) is 1.62. The molecule has 0 bridgehead atoms. The van der Waals surface area contributed by atoms with Gasteiger partial charge in [0.25, 0.3) is 5.91 Å². The van der Waals surface area contributed by atoms with Gasteiger partial charge in [0.15, 0.2) is 11.5 Å². The Balaban J connectivity index is 1.28. The second-order valence-electron chi connectivity index (χ2n) is 11.2. The number of nitrogens with zero attached hydrogens (tertiary/aromatic N) is 2. The fraction of sp³-hybridized carbons (Fsp3) is 0.257. The Labute approximate surface area is 258 Å². The first-order chi connectivity index (χ1) is 21.6. The third kappa shape index (κ3) is 6.37. The van der Waals surface area contributed by atoms with Crippen molar-refractivity contribution in [3.05, 3.63) is 95.7 Å². The monoisotopic (exact) mass is 615 g/mol. The second-order valence-corrected chi connectivity index (χ2v) is 11.2. The molecular weight excluding hydrogens is 583 g/mol. The molecule has 10 heteroatoms. The zero-order valence-corrected chi connectivity index (χ0v) is 25.1. The summed E-state index contributed by atoms with van der Waals surface area (Å²) in [5.41, 5.74) is 0.945. The quantitative estimate of drug-likeness (QED) is 0.199. The standard InChI is InChI=1S/C35H32F3N3O4/c1-41-13-10-21(11-14-41)23-15-24(35(36,37)38)18-25(16-23)40-34(42)28-6-4-5-22-17-26(7-8-27(22)28)45-31-9-12-39-30-20-33(44-3)32(43-2)19-29(30)31/h4-9,12,15-21H,10-11,13-14H2,1-3H3,(H,40,42). The zero-order valence-electron chi connectivity index (χ0n) is 25.1. The third-order valence-corrected chi connectivity index (χ3v) is 8.26. The summed E-state index contributed by atoms with van der Waals surface area (Å²) in [6.07, 6.45) is -1.38. The molecule has 2 heterocycles. The largest absolute Gasteiger partial charge is 0.493 e. The maximum absolute atomic E-state index is 13.9. The number of hydrogen-bond acceptors (Lipinski definition) is 6. The van der Waals surface area contributed by atoms with Gasteiger partial charge in [-0.3, -0.25) is 9.78 Å². The number of fused-ring (bicyclic) bond motifs is 2. The van der Waals surface area contributed by atoms with Gasteiger partial charge in [-0.25, -0.2) is 0 Å². The molecule has 5 aromatic rings. The Morgan fingerprint density at radius 2 is 1.64 bits per heavy atom. The summed E-state index contributed by atoms with van der Waals surface area (Å²) in [5, 5.41) is 4.83. The molecular formula is C35H32F3N3O4. The van der Waals surface area contributed by atoms with E-state index in [9.17, 15) is 18.0 Å². The number of amides is 1. The smallest absolute Gasteiger partial charge is 0.416 e. The van der Waals surface area contributed by atoms with Crippen molar-refractivity contribution in [2.24, 2.45) is 0 Å². The number of halogens is 3. The molecule has 0 unspecified atom stereocenters. The number of piperidine rings is 1. The summed E-state index contributed by atoms with van der Waals surface area (Å²) < 4.78 is 58.6. The van der Waals surface area contributed by atoms with Gasteiger partial charge in [-0.1, -0.05) is 12.1 Å². The lowest BCUT2D eigenvalue weighted by Crippen LogP contribution is -2.29. The van der Waals surface area contributed by atoms with Crippen LogP contribution in [0, 0.1) is 0 Å². The first-order valence-electron chi connectivity index (χ1n) is 14.6. The summed E-state index contributed by atoms with van der Waals surface area (Å²) in [7, 11) is 5.11. The number of methoxy groups -OCH3 is 2. The van der Waals surface area contributed by atoms with Crippen molar-refractivity contribution in [1.29, 1.82) is 0 Å². The molecule has 1 aliphatic heterocycles. The molecule has 0 radical (unpaired) electrons. The molecule has 45 heavy (non-hydrogen) atoms. The minimum atomic E-state index is -4.53. The molecule has 1 fully saturated rings. The highest BCUT2D eigenvalue weighted by Gasteiger charge is 2.32. The lowest BCUT2D eigenvalue weighted by atomic mass is 9.88. The number of pyridine rings is 1. The van der Waals surface area contributed by atoms with E-state index in [-0.39, 0.29) is 11.6 Å². The van der Waals surface area contributed by atoms with E-state index in [4.69, 9.17) is 14.2 Å². The molecule has 6 rings (SSSR count). The lowest BCUT2D eigenvalue weighted by molar-refractivity contribution is -0.137. The highest BCUT2D eigenvalue weighted by atomic mass is 19.4.